The van der Waals surface area contributed by atoms with Crippen molar-refractivity contribution in [1.82, 2.24) is 14.8 Å². The molecule has 0 spiro atoms. The highest BCUT2D eigenvalue weighted by Crippen LogP contribution is 2.25. The number of primary sulfonamides is 1. The van der Waals surface area contributed by atoms with E-state index in [2.05, 4.69) is 10.2 Å². The molecule has 7 nitrogen and oxygen atoms in total. The molecular weight excluding hydrogens is 323 g/mol. The summed E-state index contributed by atoms with van der Waals surface area (Å²) in [7, 11) is -2.64. The van der Waals surface area contributed by atoms with E-state index in [1.165, 1.54) is 23.8 Å². The summed E-state index contributed by atoms with van der Waals surface area (Å²) in [6.45, 7) is 0.287. The maximum absolute atomic E-state index is 14.0. The Bertz CT molecular complexity index is 763. The number of sulfonamides is 1. The van der Waals surface area contributed by atoms with Gasteiger partial charge in [-0.25, -0.2) is 17.9 Å². The maximum Gasteiger partial charge on any atom is 0.273 e. The molecule has 0 radical (unpaired) electrons. The van der Waals surface area contributed by atoms with E-state index >= 15 is 0 Å². The van der Waals surface area contributed by atoms with Crippen LogP contribution in [0.5, 0.6) is 0 Å². The molecule has 10 heteroatoms. The van der Waals surface area contributed by atoms with Crippen LogP contribution in [0.1, 0.15) is 0 Å². The summed E-state index contributed by atoms with van der Waals surface area (Å²) in [6.07, 6.45) is 0. The van der Waals surface area contributed by atoms with Crippen molar-refractivity contribution >= 4 is 21.6 Å². The summed E-state index contributed by atoms with van der Waals surface area (Å²) in [5.74, 6) is -0.611. The number of nitrogens with zero attached hydrogens (tertiary/aromatic N) is 3. The van der Waals surface area contributed by atoms with E-state index in [1.54, 1.807) is 0 Å². The molecule has 0 bridgehead atoms. The lowest BCUT2D eigenvalue weighted by molar-refractivity contribution is 0.185. The molecule has 2 aromatic rings. The quantitative estimate of drug-likeness (QED) is 0.880. The van der Waals surface area contributed by atoms with Crippen molar-refractivity contribution < 1.29 is 17.5 Å². The van der Waals surface area contributed by atoms with E-state index in [-0.39, 0.29) is 29.6 Å². The Labute approximate surface area is 125 Å². The van der Waals surface area contributed by atoms with Gasteiger partial charge < -0.3 is 4.74 Å². The van der Waals surface area contributed by atoms with Crippen molar-refractivity contribution in [2.24, 2.45) is 5.14 Å². The summed E-state index contributed by atoms with van der Waals surface area (Å²) in [5.41, 5.74) is 0.0675. The first-order valence-corrected chi connectivity index (χ1v) is 7.67. The SMILES string of the molecule is COCCn1c(-c2ccc(Cl)cc2F)nnc1S(N)(=O)=O. The second-order valence-corrected chi connectivity index (χ2v) is 6.01. The summed E-state index contributed by atoms with van der Waals surface area (Å²) in [6, 6.07) is 3.95. The minimum Gasteiger partial charge on any atom is -0.383 e. The number of nitrogens with two attached hydrogens (primary N) is 1. The van der Waals surface area contributed by atoms with Crippen molar-refractivity contribution in [2.75, 3.05) is 13.7 Å². The molecule has 2 rings (SSSR count). The van der Waals surface area contributed by atoms with E-state index in [0.717, 1.165) is 6.07 Å². The van der Waals surface area contributed by atoms with Gasteiger partial charge in [0.2, 0.25) is 0 Å². The maximum atomic E-state index is 14.0. The lowest BCUT2D eigenvalue weighted by Crippen LogP contribution is -2.20. The summed E-state index contributed by atoms with van der Waals surface area (Å²) in [5, 5.41) is 12.1. The predicted octanol–water partition coefficient (Wildman–Crippen LogP) is 1.03. The Morgan fingerprint density at radius 3 is 2.71 bits per heavy atom. The van der Waals surface area contributed by atoms with Gasteiger partial charge in [0.1, 0.15) is 5.82 Å². The summed E-state index contributed by atoms with van der Waals surface area (Å²) < 4.78 is 43.0. The van der Waals surface area contributed by atoms with Crippen LogP contribution in [-0.4, -0.2) is 36.9 Å². The molecular formula is C11H12ClFN4O3S. The van der Waals surface area contributed by atoms with Crippen molar-refractivity contribution in [3.63, 3.8) is 0 Å². The third-order valence-corrected chi connectivity index (χ3v) is 3.71. The van der Waals surface area contributed by atoms with Crippen molar-refractivity contribution in [1.29, 1.82) is 0 Å². The monoisotopic (exact) mass is 334 g/mol. The fraction of sp³-hybridized carbons (Fsp3) is 0.273. The van der Waals surface area contributed by atoms with Crippen LogP contribution in [0.25, 0.3) is 11.4 Å². The third-order valence-electron chi connectivity index (χ3n) is 2.66. The van der Waals surface area contributed by atoms with Gasteiger partial charge >= 0.3 is 0 Å². The first-order chi connectivity index (χ1) is 9.84. The number of hydrogen-bond acceptors (Lipinski definition) is 5. The molecule has 114 valence electrons. The van der Waals surface area contributed by atoms with E-state index in [4.69, 9.17) is 21.5 Å². The molecule has 0 aliphatic heterocycles. The van der Waals surface area contributed by atoms with E-state index < -0.39 is 21.0 Å². The number of methoxy groups -OCH3 is 1. The van der Waals surface area contributed by atoms with E-state index in [1.807, 2.05) is 0 Å². The number of hydrogen-bond donors (Lipinski definition) is 1. The molecule has 0 aliphatic rings. The van der Waals surface area contributed by atoms with Gasteiger partial charge in [-0.1, -0.05) is 11.6 Å². The first kappa shape index (κ1) is 15.8. The lowest BCUT2D eigenvalue weighted by Gasteiger charge is -2.09. The molecule has 2 N–H and O–H groups in total. The van der Waals surface area contributed by atoms with Gasteiger partial charge in [0.15, 0.2) is 5.82 Å². The Kier molecular flexibility index (Phi) is 4.57. The second-order valence-electron chi connectivity index (χ2n) is 4.12. The first-order valence-electron chi connectivity index (χ1n) is 5.75. The Balaban J connectivity index is 2.60. The zero-order valence-electron chi connectivity index (χ0n) is 11.0. The summed E-state index contributed by atoms with van der Waals surface area (Å²) in [4.78, 5) is 0. The number of aromatic nitrogens is 3. The van der Waals surface area contributed by atoms with Crippen LogP contribution in [0, 0.1) is 5.82 Å². The van der Waals surface area contributed by atoms with Crippen LogP contribution < -0.4 is 5.14 Å². The standard InChI is InChI=1S/C11H12ClFN4O3S/c1-20-5-4-17-10(15-16-11(17)21(14,18)19)8-3-2-7(12)6-9(8)13/h2-3,6H,4-5H2,1H3,(H2,14,18,19). The Morgan fingerprint density at radius 1 is 1.43 bits per heavy atom. The molecule has 1 aromatic carbocycles. The topological polar surface area (TPSA) is 100 Å². The number of benzene rings is 1. The average molecular weight is 335 g/mol. The van der Waals surface area contributed by atoms with Crippen LogP contribution in [0.4, 0.5) is 4.39 Å². The van der Waals surface area contributed by atoms with Gasteiger partial charge in [-0.15, -0.1) is 10.2 Å². The molecule has 0 aliphatic carbocycles. The Hall–Kier alpha value is -1.55. The van der Waals surface area contributed by atoms with Crippen molar-refractivity contribution in [3.8, 4) is 11.4 Å². The van der Waals surface area contributed by atoms with E-state index in [0.29, 0.717) is 0 Å². The van der Waals surface area contributed by atoms with Crippen LogP contribution in [0.15, 0.2) is 23.4 Å². The number of rotatable bonds is 5. The molecule has 0 unspecified atom stereocenters. The minimum atomic E-state index is -4.09. The van der Waals surface area contributed by atoms with Crippen LogP contribution in [-0.2, 0) is 21.3 Å². The van der Waals surface area contributed by atoms with Gasteiger partial charge in [0.25, 0.3) is 15.2 Å². The minimum absolute atomic E-state index is 0.0326. The van der Waals surface area contributed by atoms with Gasteiger partial charge in [-0.05, 0) is 18.2 Å². The molecule has 0 fully saturated rings. The second kappa shape index (κ2) is 6.06. The zero-order chi connectivity index (χ0) is 15.6. The largest absolute Gasteiger partial charge is 0.383 e. The zero-order valence-corrected chi connectivity index (χ0v) is 12.5. The average Bonchev–Trinajstić information content (AvgIpc) is 2.79. The lowest BCUT2D eigenvalue weighted by atomic mass is 10.2. The number of halogens is 2. The smallest absolute Gasteiger partial charge is 0.273 e. The van der Waals surface area contributed by atoms with Gasteiger partial charge in [-0.3, -0.25) is 4.57 Å². The van der Waals surface area contributed by atoms with Crippen LogP contribution in [0.2, 0.25) is 5.02 Å². The molecule has 1 heterocycles. The predicted molar refractivity (Wildman–Crippen MR) is 73.7 cm³/mol. The van der Waals surface area contributed by atoms with Gasteiger partial charge in [-0.2, -0.15) is 0 Å². The fourth-order valence-corrected chi connectivity index (χ4v) is 2.55. The normalized spacial score (nSPS) is 11.8. The van der Waals surface area contributed by atoms with Crippen LogP contribution in [0.3, 0.4) is 0 Å². The molecule has 0 amide bonds. The highest BCUT2D eigenvalue weighted by atomic mass is 35.5. The van der Waals surface area contributed by atoms with E-state index in [9.17, 15) is 12.8 Å². The molecule has 21 heavy (non-hydrogen) atoms. The highest BCUT2D eigenvalue weighted by Gasteiger charge is 2.23. The molecule has 0 saturated heterocycles. The molecule has 0 saturated carbocycles. The van der Waals surface area contributed by atoms with Gasteiger partial charge in [0, 0.05) is 12.1 Å². The summed E-state index contributed by atoms with van der Waals surface area (Å²) >= 11 is 5.69. The van der Waals surface area contributed by atoms with Gasteiger partial charge in [0.05, 0.1) is 18.7 Å². The number of ether oxygens (including phenoxy) is 1. The van der Waals surface area contributed by atoms with Crippen LogP contribution >= 0.6 is 11.6 Å². The molecule has 0 atom stereocenters. The Morgan fingerprint density at radius 2 is 2.14 bits per heavy atom. The third kappa shape index (κ3) is 3.38. The molecule has 1 aromatic heterocycles. The van der Waals surface area contributed by atoms with Crippen molar-refractivity contribution in [3.05, 3.63) is 29.0 Å². The fourth-order valence-electron chi connectivity index (χ4n) is 1.75. The highest BCUT2D eigenvalue weighted by molar-refractivity contribution is 7.89. The van der Waals surface area contributed by atoms with Crippen molar-refractivity contribution in [2.45, 2.75) is 11.7 Å².